The molecule has 0 spiro atoms. The average Bonchev–Trinajstić information content (AvgIpc) is 3.34. The van der Waals surface area contributed by atoms with E-state index < -0.39 is 30.3 Å². The largest absolute Gasteiger partial charge is 0.394 e. The van der Waals surface area contributed by atoms with Crippen molar-refractivity contribution < 1.29 is 25.0 Å². The molecule has 40 heavy (non-hydrogen) atoms. The van der Waals surface area contributed by atoms with Crippen LogP contribution < -0.4 is 10.2 Å². The van der Waals surface area contributed by atoms with Crippen LogP contribution in [-0.4, -0.2) is 77.4 Å². The summed E-state index contributed by atoms with van der Waals surface area (Å²) < 4.78 is 0. The SMILES string of the molecule is CCCCC[C@H](O)C#Cc1ccc(CN2O[C@@H](CO)[C@@H]([C@H](C)O)[C@H]2C(=O)NCCCN(C)c2ccccc2)cc1. The lowest BCUT2D eigenvalue weighted by Gasteiger charge is -2.26. The van der Waals surface area contributed by atoms with Crippen LogP contribution >= 0.6 is 0 Å². The van der Waals surface area contributed by atoms with E-state index in [2.05, 4.69) is 29.0 Å². The number of para-hydroxylation sites is 1. The van der Waals surface area contributed by atoms with Gasteiger partial charge in [-0.3, -0.25) is 9.63 Å². The fraction of sp³-hybridized carbons (Fsp3) is 0.531. The first-order chi connectivity index (χ1) is 19.3. The standard InChI is InChI=1S/C32H45N3O5/c1-4-5-7-13-28(38)19-18-25-14-16-26(17-15-25)22-35-31(30(24(2)37)29(23-36)40-35)32(39)33-20-10-21-34(3)27-11-8-6-9-12-27/h6,8-9,11-12,14-17,24,28-31,36-38H,4-5,7,10,13,20-23H2,1-3H3,(H,33,39)/t24-,28-,29-,30+,31-/m0/s1. The van der Waals surface area contributed by atoms with Crippen molar-refractivity contribution >= 4 is 11.6 Å². The Labute approximate surface area is 238 Å². The molecule has 0 saturated carbocycles. The molecule has 1 aliphatic heterocycles. The maximum atomic E-state index is 13.4. The number of amides is 1. The number of nitrogens with one attached hydrogen (secondary N) is 1. The maximum Gasteiger partial charge on any atom is 0.240 e. The number of aliphatic hydroxyl groups is 3. The average molecular weight is 552 g/mol. The molecular formula is C32H45N3O5. The second-order valence-corrected chi connectivity index (χ2v) is 10.5. The lowest BCUT2D eigenvalue weighted by Crippen LogP contribution is -2.49. The molecule has 8 heteroatoms. The van der Waals surface area contributed by atoms with Crippen LogP contribution in [0.15, 0.2) is 54.6 Å². The molecule has 4 N–H and O–H groups in total. The number of hydroxylamine groups is 2. The molecule has 1 heterocycles. The summed E-state index contributed by atoms with van der Waals surface area (Å²) in [7, 11) is 2.02. The van der Waals surface area contributed by atoms with Crippen LogP contribution in [0.4, 0.5) is 5.69 Å². The number of hydrogen-bond donors (Lipinski definition) is 4. The van der Waals surface area contributed by atoms with E-state index in [1.165, 1.54) is 0 Å². The number of carbonyl (C=O) groups is 1. The number of unbranched alkanes of at least 4 members (excludes halogenated alkanes) is 2. The monoisotopic (exact) mass is 551 g/mol. The summed E-state index contributed by atoms with van der Waals surface area (Å²) in [4.78, 5) is 21.5. The van der Waals surface area contributed by atoms with Crippen molar-refractivity contribution in [3.05, 3.63) is 65.7 Å². The summed E-state index contributed by atoms with van der Waals surface area (Å²) in [6, 6.07) is 16.9. The van der Waals surface area contributed by atoms with Gasteiger partial charge in [0.1, 0.15) is 18.2 Å². The Morgan fingerprint density at radius 2 is 1.82 bits per heavy atom. The Bertz CT molecular complexity index is 1080. The minimum absolute atomic E-state index is 0.233. The van der Waals surface area contributed by atoms with Crippen molar-refractivity contribution in [1.82, 2.24) is 10.4 Å². The summed E-state index contributed by atoms with van der Waals surface area (Å²) in [5.74, 6) is 5.12. The molecule has 0 aromatic heterocycles. The van der Waals surface area contributed by atoms with Crippen molar-refractivity contribution in [2.24, 2.45) is 5.92 Å². The summed E-state index contributed by atoms with van der Waals surface area (Å²) in [6.45, 7) is 5.02. The highest BCUT2D eigenvalue weighted by atomic mass is 16.7. The second kappa shape index (κ2) is 16.4. The van der Waals surface area contributed by atoms with E-state index in [-0.39, 0.29) is 12.5 Å². The van der Waals surface area contributed by atoms with Gasteiger partial charge in [0.15, 0.2) is 0 Å². The molecule has 0 aliphatic carbocycles. The smallest absolute Gasteiger partial charge is 0.240 e. The van der Waals surface area contributed by atoms with E-state index in [4.69, 9.17) is 4.84 Å². The molecule has 1 amide bonds. The molecule has 2 aromatic rings. The molecule has 0 bridgehead atoms. The fourth-order valence-electron chi connectivity index (χ4n) is 5.02. The molecular weight excluding hydrogens is 506 g/mol. The number of benzene rings is 2. The van der Waals surface area contributed by atoms with Gasteiger partial charge in [0, 0.05) is 37.3 Å². The van der Waals surface area contributed by atoms with Gasteiger partial charge in [-0.15, -0.1) is 0 Å². The first-order valence-electron chi connectivity index (χ1n) is 14.4. The first-order valence-corrected chi connectivity index (χ1v) is 14.4. The van der Waals surface area contributed by atoms with Crippen LogP contribution in [0.25, 0.3) is 0 Å². The topological polar surface area (TPSA) is 106 Å². The first kappa shape index (κ1) is 31.6. The van der Waals surface area contributed by atoms with Crippen LogP contribution in [0, 0.1) is 17.8 Å². The second-order valence-electron chi connectivity index (χ2n) is 10.5. The fourth-order valence-corrected chi connectivity index (χ4v) is 5.02. The van der Waals surface area contributed by atoms with Crippen LogP contribution in [0.1, 0.15) is 57.1 Å². The third-order valence-corrected chi connectivity index (χ3v) is 7.30. The number of aliphatic hydroxyl groups excluding tert-OH is 3. The molecule has 1 aliphatic rings. The zero-order valence-corrected chi connectivity index (χ0v) is 24.0. The van der Waals surface area contributed by atoms with E-state index in [1.807, 2.05) is 61.6 Å². The normalized spacial score (nSPS) is 20.4. The molecule has 1 saturated heterocycles. The van der Waals surface area contributed by atoms with Gasteiger partial charge >= 0.3 is 0 Å². The predicted molar refractivity (Wildman–Crippen MR) is 157 cm³/mol. The van der Waals surface area contributed by atoms with Gasteiger partial charge in [0.2, 0.25) is 5.91 Å². The van der Waals surface area contributed by atoms with Gasteiger partial charge in [-0.2, -0.15) is 5.06 Å². The predicted octanol–water partition coefficient (Wildman–Crippen LogP) is 3.10. The number of carbonyl (C=O) groups excluding carboxylic acids is 1. The molecule has 5 atom stereocenters. The van der Waals surface area contributed by atoms with Crippen LogP contribution in [0.5, 0.6) is 0 Å². The minimum atomic E-state index is -0.844. The molecule has 8 nitrogen and oxygen atoms in total. The molecule has 2 aromatic carbocycles. The number of nitrogens with zero attached hydrogens (tertiary/aromatic N) is 2. The third-order valence-electron chi connectivity index (χ3n) is 7.30. The van der Waals surface area contributed by atoms with Gasteiger partial charge in [-0.05, 0) is 56.0 Å². The van der Waals surface area contributed by atoms with E-state index in [1.54, 1.807) is 12.0 Å². The molecule has 0 radical (unpaired) electrons. The van der Waals surface area contributed by atoms with Crippen molar-refractivity contribution in [1.29, 1.82) is 0 Å². The van der Waals surface area contributed by atoms with E-state index >= 15 is 0 Å². The highest BCUT2D eigenvalue weighted by Gasteiger charge is 2.49. The van der Waals surface area contributed by atoms with Crippen molar-refractivity contribution in [2.75, 3.05) is 31.6 Å². The van der Waals surface area contributed by atoms with E-state index in [0.29, 0.717) is 19.5 Å². The van der Waals surface area contributed by atoms with Gasteiger partial charge in [-0.25, -0.2) is 0 Å². The van der Waals surface area contributed by atoms with Gasteiger partial charge < -0.3 is 25.5 Å². The van der Waals surface area contributed by atoms with Crippen LogP contribution in [0.2, 0.25) is 0 Å². The Balaban J connectivity index is 1.60. The molecule has 218 valence electrons. The number of rotatable bonds is 14. The summed E-state index contributed by atoms with van der Waals surface area (Å²) in [5, 5.41) is 35.1. The maximum absolute atomic E-state index is 13.4. The zero-order chi connectivity index (χ0) is 28.9. The lowest BCUT2D eigenvalue weighted by molar-refractivity contribution is -0.181. The Kier molecular flexibility index (Phi) is 12.9. The van der Waals surface area contributed by atoms with E-state index in [0.717, 1.165) is 49.0 Å². The highest BCUT2D eigenvalue weighted by Crippen LogP contribution is 2.32. The van der Waals surface area contributed by atoms with Gasteiger partial charge in [-0.1, -0.05) is 61.9 Å². The van der Waals surface area contributed by atoms with Crippen LogP contribution in [-0.2, 0) is 16.2 Å². The summed E-state index contributed by atoms with van der Waals surface area (Å²) in [5.41, 5.74) is 2.81. The van der Waals surface area contributed by atoms with Gasteiger partial charge in [0.05, 0.1) is 19.3 Å². The molecule has 1 fully saturated rings. The number of hydrogen-bond acceptors (Lipinski definition) is 7. The van der Waals surface area contributed by atoms with Crippen molar-refractivity contribution in [3.8, 4) is 11.8 Å². The van der Waals surface area contributed by atoms with Crippen LogP contribution in [0.3, 0.4) is 0 Å². The third kappa shape index (κ3) is 9.33. The van der Waals surface area contributed by atoms with E-state index in [9.17, 15) is 20.1 Å². The lowest BCUT2D eigenvalue weighted by atomic mass is 9.89. The Hall–Kier alpha value is -2.93. The zero-order valence-electron chi connectivity index (χ0n) is 24.0. The number of anilines is 1. The Morgan fingerprint density at radius 1 is 1.10 bits per heavy atom. The minimum Gasteiger partial charge on any atom is -0.394 e. The molecule has 0 unspecified atom stereocenters. The summed E-state index contributed by atoms with van der Waals surface area (Å²) >= 11 is 0. The Morgan fingerprint density at radius 3 is 2.48 bits per heavy atom. The van der Waals surface area contributed by atoms with Crippen molar-refractivity contribution in [2.45, 2.75) is 76.9 Å². The van der Waals surface area contributed by atoms with Gasteiger partial charge in [0.25, 0.3) is 0 Å². The van der Waals surface area contributed by atoms with Crippen molar-refractivity contribution in [3.63, 3.8) is 0 Å². The quantitative estimate of drug-likeness (QED) is 0.211. The highest BCUT2D eigenvalue weighted by molar-refractivity contribution is 5.82. The summed E-state index contributed by atoms with van der Waals surface area (Å²) in [6.07, 6.45) is 2.43. The molecule has 3 rings (SSSR count).